The zero-order chi connectivity index (χ0) is 7.78. The van der Waals surface area contributed by atoms with Gasteiger partial charge < -0.3 is 9.84 Å². The molecule has 0 spiro atoms. The molecule has 0 aromatic heterocycles. The topological polar surface area (TPSA) is 29.5 Å². The molecule has 60 valence electrons. The highest BCUT2D eigenvalue weighted by atomic mass is 16.5. The molecule has 1 aliphatic rings. The summed E-state index contributed by atoms with van der Waals surface area (Å²) >= 11 is 0. The summed E-state index contributed by atoms with van der Waals surface area (Å²) in [5.41, 5.74) is 0.177. The van der Waals surface area contributed by atoms with E-state index in [1.807, 2.05) is 0 Å². The van der Waals surface area contributed by atoms with E-state index in [4.69, 9.17) is 4.74 Å². The third-order valence-electron chi connectivity index (χ3n) is 2.16. The summed E-state index contributed by atoms with van der Waals surface area (Å²) in [6.45, 7) is 7.63. The van der Waals surface area contributed by atoms with Crippen LogP contribution in [0, 0.1) is 11.3 Å². The maximum atomic E-state index is 9.40. The van der Waals surface area contributed by atoms with Crippen molar-refractivity contribution in [1.82, 2.24) is 0 Å². The average Bonchev–Trinajstić information content (AvgIpc) is 2.11. The maximum Gasteiger partial charge on any atom is 0.0828 e. The zero-order valence-corrected chi connectivity index (χ0v) is 6.92. The largest absolute Gasteiger partial charge is 0.390 e. The van der Waals surface area contributed by atoms with E-state index >= 15 is 0 Å². The molecule has 1 unspecified atom stereocenters. The van der Waals surface area contributed by atoms with E-state index in [0.29, 0.717) is 19.1 Å². The number of aliphatic hydroxyl groups is 1. The Morgan fingerprint density at radius 1 is 1.30 bits per heavy atom. The predicted octanol–water partition coefficient (Wildman–Crippen LogP) is 1.04. The summed E-state index contributed by atoms with van der Waals surface area (Å²) < 4.78 is 5.15. The van der Waals surface area contributed by atoms with Gasteiger partial charge in [-0.2, -0.15) is 0 Å². The van der Waals surface area contributed by atoms with Crippen molar-refractivity contribution in [3.63, 3.8) is 0 Å². The fourth-order valence-corrected chi connectivity index (χ4v) is 1.37. The van der Waals surface area contributed by atoms with E-state index < -0.39 is 0 Å². The number of hydrogen-bond donors (Lipinski definition) is 1. The number of rotatable bonds is 0. The van der Waals surface area contributed by atoms with Gasteiger partial charge in [0.2, 0.25) is 0 Å². The first kappa shape index (κ1) is 8.02. The lowest BCUT2D eigenvalue weighted by molar-refractivity contribution is 0.0816. The molecule has 0 amide bonds. The molecule has 1 heterocycles. The predicted molar refractivity (Wildman–Crippen MR) is 39.8 cm³/mol. The third-order valence-corrected chi connectivity index (χ3v) is 2.16. The molecule has 2 atom stereocenters. The first-order chi connectivity index (χ1) is 4.52. The highest BCUT2D eigenvalue weighted by Crippen LogP contribution is 2.32. The van der Waals surface area contributed by atoms with Gasteiger partial charge in [0.05, 0.1) is 19.3 Å². The number of hydrogen-bond acceptors (Lipinski definition) is 2. The van der Waals surface area contributed by atoms with E-state index in [2.05, 4.69) is 20.8 Å². The molecular weight excluding hydrogens is 128 g/mol. The molecule has 1 rings (SSSR count). The van der Waals surface area contributed by atoms with Crippen LogP contribution in [0.1, 0.15) is 20.8 Å². The highest BCUT2D eigenvalue weighted by Gasteiger charge is 2.35. The average molecular weight is 144 g/mol. The second kappa shape index (κ2) is 2.51. The van der Waals surface area contributed by atoms with Gasteiger partial charge in [-0.25, -0.2) is 0 Å². The molecule has 0 radical (unpaired) electrons. The minimum Gasteiger partial charge on any atom is -0.390 e. The molecule has 1 saturated heterocycles. The van der Waals surface area contributed by atoms with E-state index in [0.717, 1.165) is 0 Å². The summed E-state index contributed by atoms with van der Waals surface area (Å²) in [6.07, 6.45) is -0.250. The summed E-state index contributed by atoms with van der Waals surface area (Å²) in [7, 11) is 0. The second-order valence-corrected chi connectivity index (χ2v) is 4.08. The first-order valence-electron chi connectivity index (χ1n) is 3.77. The monoisotopic (exact) mass is 144 g/mol. The van der Waals surface area contributed by atoms with Crippen molar-refractivity contribution in [2.24, 2.45) is 11.3 Å². The Kier molecular flexibility index (Phi) is 2.02. The minimum absolute atomic E-state index is 0.177. The van der Waals surface area contributed by atoms with E-state index in [1.54, 1.807) is 0 Å². The SMILES string of the molecule is CC(C)(C)[C@H]1COCC1O. The fraction of sp³-hybridized carbons (Fsp3) is 1.00. The molecule has 10 heavy (non-hydrogen) atoms. The molecule has 2 heteroatoms. The molecule has 0 aromatic rings. The molecule has 0 bridgehead atoms. The van der Waals surface area contributed by atoms with Crippen molar-refractivity contribution < 1.29 is 9.84 Å². The Bertz CT molecular complexity index is 115. The van der Waals surface area contributed by atoms with Gasteiger partial charge in [-0.05, 0) is 5.41 Å². The summed E-state index contributed by atoms with van der Waals surface area (Å²) in [6, 6.07) is 0. The molecule has 0 aliphatic carbocycles. The van der Waals surface area contributed by atoms with E-state index in [1.165, 1.54) is 0 Å². The smallest absolute Gasteiger partial charge is 0.0828 e. The molecule has 0 saturated carbocycles. The van der Waals surface area contributed by atoms with Gasteiger partial charge in [0, 0.05) is 5.92 Å². The Balaban J connectivity index is 2.55. The lowest BCUT2D eigenvalue weighted by Gasteiger charge is -2.27. The Morgan fingerprint density at radius 3 is 2.10 bits per heavy atom. The van der Waals surface area contributed by atoms with Gasteiger partial charge in [-0.3, -0.25) is 0 Å². The molecule has 2 nitrogen and oxygen atoms in total. The third kappa shape index (κ3) is 1.50. The standard InChI is InChI=1S/C8H16O2/c1-8(2,3)6-4-10-5-7(6)9/h6-7,9H,4-5H2,1-3H3/t6-,7?/m0/s1. The van der Waals surface area contributed by atoms with Crippen LogP contribution in [-0.2, 0) is 4.74 Å². The van der Waals surface area contributed by atoms with Gasteiger partial charge in [0.15, 0.2) is 0 Å². The van der Waals surface area contributed by atoms with Crippen LogP contribution in [0.25, 0.3) is 0 Å². The molecular formula is C8H16O2. The normalized spacial score (nSPS) is 34.8. The maximum absolute atomic E-state index is 9.40. The van der Waals surface area contributed by atoms with Crippen LogP contribution in [0.3, 0.4) is 0 Å². The molecule has 1 fully saturated rings. The summed E-state index contributed by atoms with van der Waals surface area (Å²) in [5, 5.41) is 9.40. The summed E-state index contributed by atoms with van der Waals surface area (Å²) in [5.74, 6) is 0.312. The number of aliphatic hydroxyl groups excluding tert-OH is 1. The Labute approximate surface area is 62.2 Å². The second-order valence-electron chi connectivity index (χ2n) is 4.08. The van der Waals surface area contributed by atoms with Crippen LogP contribution < -0.4 is 0 Å². The van der Waals surface area contributed by atoms with Gasteiger partial charge in [-0.1, -0.05) is 20.8 Å². The van der Waals surface area contributed by atoms with Crippen LogP contribution in [0.15, 0.2) is 0 Å². The van der Waals surface area contributed by atoms with Crippen LogP contribution >= 0.6 is 0 Å². The van der Waals surface area contributed by atoms with Gasteiger partial charge in [0.1, 0.15) is 0 Å². The van der Waals surface area contributed by atoms with Crippen molar-refractivity contribution in [2.75, 3.05) is 13.2 Å². The fourth-order valence-electron chi connectivity index (χ4n) is 1.37. The van der Waals surface area contributed by atoms with Crippen molar-refractivity contribution in [1.29, 1.82) is 0 Å². The first-order valence-corrected chi connectivity index (χ1v) is 3.77. The Morgan fingerprint density at radius 2 is 1.90 bits per heavy atom. The van der Waals surface area contributed by atoms with E-state index in [-0.39, 0.29) is 11.5 Å². The Hall–Kier alpha value is -0.0800. The lowest BCUT2D eigenvalue weighted by atomic mass is 9.79. The van der Waals surface area contributed by atoms with Crippen molar-refractivity contribution >= 4 is 0 Å². The van der Waals surface area contributed by atoms with Crippen LogP contribution in [0.5, 0.6) is 0 Å². The molecule has 1 aliphatic heterocycles. The van der Waals surface area contributed by atoms with E-state index in [9.17, 15) is 5.11 Å². The van der Waals surface area contributed by atoms with Crippen LogP contribution in [0.2, 0.25) is 0 Å². The zero-order valence-electron chi connectivity index (χ0n) is 6.92. The molecule has 1 N–H and O–H groups in total. The van der Waals surface area contributed by atoms with Gasteiger partial charge >= 0.3 is 0 Å². The quantitative estimate of drug-likeness (QED) is 0.550. The summed E-state index contributed by atoms with van der Waals surface area (Å²) in [4.78, 5) is 0. The van der Waals surface area contributed by atoms with Gasteiger partial charge in [-0.15, -0.1) is 0 Å². The van der Waals surface area contributed by atoms with Gasteiger partial charge in [0.25, 0.3) is 0 Å². The highest BCUT2D eigenvalue weighted by molar-refractivity contribution is 4.83. The lowest BCUT2D eigenvalue weighted by Crippen LogP contribution is -2.30. The van der Waals surface area contributed by atoms with Crippen LogP contribution in [0.4, 0.5) is 0 Å². The van der Waals surface area contributed by atoms with Crippen molar-refractivity contribution in [2.45, 2.75) is 26.9 Å². The van der Waals surface area contributed by atoms with Crippen LogP contribution in [-0.4, -0.2) is 24.4 Å². The van der Waals surface area contributed by atoms with Crippen molar-refractivity contribution in [3.8, 4) is 0 Å². The minimum atomic E-state index is -0.250. The van der Waals surface area contributed by atoms with Crippen molar-refractivity contribution in [3.05, 3.63) is 0 Å². The molecule has 0 aromatic carbocycles. The number of ether oxygens (including phenoxy) is 1.